The van der Waals surface area contributed by atoms with E-state index in [0.717, 1.165) is 5.56 Å². The van der Waals surface area contributed by atoms with Crippen LogP contribution in [0.4, 0.5) is 10.2 Å². The van der Waals surface area contributed by atoms with Crippen molar-refractivity contribution in [1.82, 2.24) is 4.98 Å². The highest BCUT2D eigenvalue weighted by atomic mass is 19.1. The van der Waals surface area contributed by atoms with E-state index in [1.54, 1.807) is 12.1 Å². The minimum atomic E-state index is -0.465. The lowest BCUT2D eigenvalue weighted by molar-refractivity contribution is 0.584. The molecule has 1 N–H and O–H groups in total. The highest BCUT2D eigenvalue weighted by Crippen LogP contribution is 2.21. The molecule has 100 valence electrons. The first-order valence-corrected chi connectivity index (χ1v) is 6.55. The molecule has 19 heavy (non-hydrogen) atoms. The molecule has 1 aromatic heterocycles. The van der Waals surface area contributed by atoms with Crippen LogP contribution in [0, 0.1) is 5.95 Å². The van der Waals surface area contributed by atoms with Gasteiger partial charge in [0.05, 0.1) is 0 Å². The zero-order valence-electron chi connectivity index (χ0n) is 11.5. The molecule has 0 aliphatic carbocycles. The smallest absolute Gasteiger partial charge is 0.214 e. The fraction of sp³-hybridized carbons (Fsp3) is 0.312. The van der Waals surface area contributed by atoms with Crippen LogP contribution in [0.1, 0.15) is 43.9 Å². The minimum absolute atomic E-state index is 0.0931. The van der Waals surface area contributed by atoms with E-state index in [0.29, 0.717) is 11.7 Å². The Morgan fingerprint density at radius 1 is 0.947 bits per heavy atom. The van der Waals surface area contributed by atoms with Gasteiger partial charge in [0, 0.05) is 6.04 Å². The lowest BCUT2D eigenvalue weighted by Crippen LogP contribution is -2.08. The number of nitrogens with zero attached hydrogens (tertiary/aromatic N) is 1. The Kier molecular flexibility index (Phi) is 4.15. The van der Waals surface area contributed by atoms with Crippen LogP contribution in [0.5, 0.6) is 0 Å². The summed E-state index contributed by atoms with van der Waals surface area (Å²) in [5.74, 6) is 0.620. The van der Waals surface area contributed by atoms with Crippen molar-refractivity contribution in [3.05, 3.63) is 59.5 Å². The third-order valence-corrected chi connectivity index (χ3v) is 3.18. The summed E-state index contributed by atoms with van der Waals surface area (Å²) < 4.78 is 13.0. The summed E-state index contributed by atoms with van der Waals surface area (Å²) in [6, 6.07) is 13.3. The molecular formula is C16H19FN2. The molecule has 2 nitrogen and oxygen atoms in total. The SMILES string of the molecule is CC(C)c1ccc(C(C)Nc2cccc(F)n2)cc1. The van der Waals surface area contributed by atoms with Gasteiger partial charge in [-0.3, -0.25) is 0 Å². The summed E-state index contributed by atoms with van der Waals surface area (Å²) >= 11 is 0. The van der Waals surface area contributed by atoms with E-state index in [-0.39, 0.29) is 6.04 Å². The monoisotopic (exact) mass is 258 g/mol. The van der Waals surface area contributed by atoms with Crippen LogP contribution in [0.2, 0.25) is 0 Å². The van der Waals surface area contributed by atoms with Crippen molar-refractivity contribution in [2.75, 3.05) is 5.32 Å². The standard InChI is InChI=1S/C16H19FN2/c1-11(2)13-7-9-14(10-8-13)12(3)18-16-6-4-5-15(17)19-16/h4-12H,1-3H3,(H,18,19). The van der Waals surface area contributed by atoms with Gasteiger partial charge in [-0.2, -0.15) is 4.39 Å². The number of rotatable bonds is 4. The second kappa shape index (κ2) is 5.83. The Labute approximate surface area is 113 Å². The van der Waals surface area contributed by atoms with Crippen molar-refractivity contribution in [3.63, 3.8) is 0 Å². The second-order valence-electron chi connectivity index (χ2n) is 5.03. The molecular weight excluding hydrogens is 239 g/mol. The number of nitrogens with one attached hydrogen (secondary N) is 1. The summed E-state index contributed by atoms with van der Waals surface area (Å²) in [5, 5.41) is 3.20. The molecule has 0 aliphatic rings. The second-order valence-corrected chi connectivity index (χ2v) is 5.03. The zero-order chi connectivity index (χ0) is 13.8. The minimum Gasteiger partial charge on any atom is -0.363 e. The van der Waals surface area contributed by atoms with Gasteiger partial charge < -0.3 is 5.32 Å². The third kappa shape index (κ3) is 3.53. The van der Waals surface area contributed by atoms with Crippen LogP contribution in [-0.2, 0) is 0 Å². The van der Waals surface area contributed by atoms with Crippen molar-refractivity contribution in [2.24, 2.45) is 0 Å². The number of benzene rings is 1. The normalized spacial score (nSPS) is 12.5. The lowest BCUT2D eigenvalue weighted by atomic mass is 9.99. The molecule has 0 radical (unpaired) electrons. The summed E-state index contributed by atoms with van der Waals surface area (Å²) in [7, 11) is 0. The molecule has 0 bridgehead atoms. The van der Waals surface area contributed by atoms with Crippen molar-refractivity contribution in [1.29, 1.82) is 0 Å². The van der Waals surface area contributed by atoms with E-state index in [4.69, 9.17) is 0 Å². The van der Waals surface area contributed by atoms with Gasteiger partial charge in [-0.25, -0.2) is 4.98 Å². The Balaban J connectivity index is 2.09. The Morgan fingerprint density at radius 2 is 1.58 bits per heavy atom. The molecule has 1 heterocycles. The number of halogens is 1. The molecule has 1 unspecified atom stereocenters. The Hall–Kier alpha value is -1.90. The van der Waals surface area contributed by atoms with Gasteiger partial charge in [0.25, 0.3) is 0 Å². The van der Waals surface area contributed by atoms with Gasteiger partial charge in [0.1, 0.15) is 5.82 Å². The highest BCUT2D eigenvalue weighted by molar-refractivity contribution is 5.38. The van der Waals surface area contributed by atoms with E-state index in [2.05, 4.69) is 48.4 Å². The van der Waals surface area contributed by atoms with E-state index in [1.165, 1.54) is 11.6 Å². The number of aromatic nitrogens is 1. The number of hydrogen-bond acceptors (Lipinski definition) is 2. The number of hydrogen-bond donors (Lipinski definition) is 1. The predicted octanol–water partition coefficient (Wildman–Crippen LogP) is 4.52. The molecule has 1 aromatic carbocycles. The molecule has 0 saturated heterocycles. The molecule has 0 aliphatic heterocycles. The van der Waals surface area contributed by atoms with Gasteiger partial charge in [-0.15, -0.1) is 0 Å². The molecule has 0 fully saturated rings. The maximum absolute atomic E-state index is 13.0. The predicted molar refractivity (Wildman–Crippen MR) is 76.8 cm³/mol. The van der Waals surface area contributed by atoms with Crippen LogP contribution in [0.3, 0.4) is 0 Å². The summed E-state index contributed by atoms with van der Waals surface area (Å²) in [4.78, 5) is 3.81. The van der Waals surface area contributed by atoms with Crippen LogP contribution in [0.15, 0.2) is 42.5 Å². The third-order valence-electron chi connectivity index (χ3n) is 3.18. The molecule has 1 atom stereocenters. The van der Waals surface area contributed by atoms with Gasteiger partial charge >= 0.3 is 0 Å². The maximum Gasteiger partial charge on any atom is 0.214 e. The number of pyridine rings is 1. The van der Waals surface area contributed by atoms with Gasteiger partial charge in [0.15, 0.2) is 0 Å². The fourth-order valence-electron chi connectivity index (χ4n) is 1.96. The van der Waals surface area contributed by atoms with Crippen LogP contribution < -0.4 is 5.32 Å². The Morgan fingerprint density at radius 3 is 2.16 bits per heavy atom. The van der Waals surface area contributed by atoms with E-state index >= 15 is 0 Å². The summed E-state index contributed by atoms with van der Waals surface area (Å²) in [6.45, 7) is 6.39. The van der Waals surface area contributed by atoms with E-state index in [1.807, 2.05) is 6.92 Å². The summed E-state index contributed by atoms with van der Waals surface area (Å²) in [5.41, 5.74) is 2.48. The number of anilines is 1. The van der Waals surface area contributed by atoms with Crippen LogP contribution in [-0.4, -0.2) is 4.98 Å². The maximum atomic E-state index is 13.0. The quantitative estimate of drug-likeness (QED) is 0.816. The van der Waals surface area contributed by atoms with Crippen molar-refractivity contribution < 1.29 is 4.39 Å². The molecule has 2 aromatic rings. The zero-order valence-corrected chi connectivity index (χ0v) is 11.5. The highest BCUT2D eigenvalue weighted by Gasteiger charge is 2.07. The van der Waals surface area contributed by atoms with E-state index in [9.17, 15) is 4.39 Å². The van der Waals surface area contributed by atoms with Gasteiger partial charge in [0.2, 0.25) is 5.95 Å². The van der Waals surface area contributed by atoms with Crippen molar-refractivity contribution in [2.45, 2.75) is 32.7 Å². The first kappa shape index (κ1) is 13.5. The van der Waals surface area contributed by atoms with Crippen molar-refractivity contribution in [3.8, 4) is 0 Å². The molecule has 2 rings (SSSR count). The topological polar surface area (TPSA) is 24.9 Å². The summed E-state index contributed by atoms with van der Waals surface area (Å²) in [6.07, 6.45) is 0. The van der Waals surface area contributed by atoms with Crippen molar-refractivity contribution >= 4 is 5.82 Å². The first-order chi connectivity index (χ1) is 9.06. The average Bonchev–Trinajstić information content (AvgIpc) is 2.39. The fourth-order valence-corrected chi connectivity index (χ4v) is 1.96. The Bertz CT molecular complexity index is 535. The average molecular weight is 258 g/mol. The largest absolute Gasteiger partial charge is 0.363 e. The first-order valence-electron chi connectivity index (χ1n) is 6.55. The van der Waals surface area contributed by atoms with Crippen LogP contribution in [0.25, 0.3) is 0 Å². The molecule has 3 heteroatoms. The lowest BCUT2D eigenvalue weighted by Gasteiger charge is -2.16. The van der Waals surface area contributed by atoms with Gasteiger partial charge in [-0.05, 0) is 36.1 Å². The van der Waals surface area contributed by atoms with Gasteiger partial charge in [-0.1, -0.05) is 44.2 Å². The molecule has 0 saturated carbocycles. The van der Waals surface area contributed by atoms with Crippen LogP contribution >= 0.6 is 0 Å². The van der Waals surface area contributed by atoms with E-state index < -0.39 is 5.95 Å². The molecule has 0 spiro atoms. The molecule has 0 amide bonds.